The summed E-state index contributed by atoms with van der Waals surface area (Å²) in [5, 5.41) is 0. The zero-order chi connectivity index (χ0) is 19.3. The number of hydrogen-bond acceptors (Lipinski definition) is 4. The number of aromatic nitrogens is 3. The third-order valence-electron chi connectivity index (χ3n) is 5.50. The number of benzene rings is 1. The van der Waals surface area contributed by atoms with E-state index in [2.05, 4.69) is 50.2 Å². The fraction of sp³-hybridized carbons (Fsp3) is 0.348. The van der Waals surface area contributed by atoms with Crippen molar-refractivity contribution >= 4 is 5.82 Å². The molecule has 1 atom stereocenters. The summed E-state index contributed by atoms with van der Waals surface area (Å²) in [6.07, 6.45) is 6.07. The van der Waals surface area contributed by atoms with Crippen LogP contribution < -0.4 is 10.5 Å². The van der Waals surface area contributed by atoms with Crippen molar-refractivity contribution in [2.45, 2.75) is 38.5 Å². The molecule has 3 heterocycles. The molecule has 1 N–H and O–H groups in total. The van der Waals surface area contributed by atoms with Crippen LogP contribution in [0.1, 0.15) is 43.4 Å². The minimum absolute atomic E-state index is 0.120. The first-order valence-corrected chi connectivity index (χ1v) is 10.1. The number of anilines is 1. The maximum atomic E-state index is 11.8. The molecule has 5 heteroatoms. The fourth-order valence-corrected chi connectivity index (χ4v) is 3.92. The van der Waals surface area contributed by atoms with Gasteiger partial charge >= 0.3 is 0 Å². The van der Waals surface area contributed by atoms with E-state index < -0.39 is 0 Å². The van der Waals surface area contributed by atoms with E-state index in [1.54, 1.807) is 6.07 Å². The van der Waals surface area contributed by atoms with Crippen LogP contribution in [0.15, 0.2) is 59.5 Å². The summed E-state index contributed by atoms with van der Waals surface area (Å²) < 4.78 is 0. The Bertz CT molecular complexity index is 966. The van der Waals surface area contributed by atoms with Gasteiger partial charge in [0.2, 0.25) is 0 Å². The molecule has 0 bridgehead atoms. The second kappa shape index (κ2) is 8.38. The summed E-state index contributed by atoms with van der Waals surface area (Å²) in [4.78, 5) is 26.2. The summed E-state index contributed by atoms with van der Waals surface area (Å²) in [5.41, 5.74) is 2.96. The molecule has 1 aromatic carbocycles. The van der Waals surface area contributed by atoms with Crippen molar-refractivity contribution in [3.05, 3.63) is 76.3 Å². The lowest BCUT2D eigenvalue weighted by molar-refractivity contribution is 0.612. The molecule has 1 unspecified atom stereocenters. The van der Waals surface area contributed by atoms with Gasteiger partial charge in [-0.1, -0.05) is 37.3 Å². The summed E-state index contributed by atoms with van der Waals surface area (Å²) in [6, 6.07) is 16.4. The van der Waals surface area contributed by atoms with Gasteiger partial charge in [0.15, 0.2) is 0 Å². The van der Waals surface area contributed by atoms with Crippen LogP contribution in [0.5, 0.6) is 0 Å². The number of nitrogens with one attached hydrogen (secondary N) is 1. The summed E-state index contributed by atoms with van der Waals surface area (Å²) in [6.45, 7) is 4.03. The molecule has 1 fully saturated rings. The van der Waals surface area contributed by atoms with E-state index in [1.807, 2.05) is 25.3 Å². The van der Waals surface area contributed by atoms with Crippen LogP contribution in [0.4, 0.5) is 5.82 Å². The van der Waals surface area contributed by atoms with Gasteiger partial charge in [0.25, 0.3) is 5.56 Å². The summed E-state index contributed by atoms with van der Waals surface area (Å²) in [7, 11) is 0. The van der Waals surface area contributed by atoms with Crippen LogP contribution in [0.3, 0.4) is 0 Å². The van der Waals surface area contributed by atoms with Crippen molar-refractivity contribution in [2.24, 2.45) is 0 Å². The van der Waals surface area contributed by atoms with Crippen LogP contribution in [0.2, 0.25) is 0 Å². The number of aromatic amines is 1. The Hall–Kier alpha value is -2.95. The van der Waals surface area contributed by atoms with Gasteiger partial charge in [0.1, 0.15) is 11.6 Å². The second-order valence-electron chi connectivity index (χ2n) is 7.37. The molecule has 1 aliphatic rings. The molecule has 5 nitrogen and oxygen atoms in total. The zero-order valence-corrected chi connectivity index (χ0v) is 16.3. The van der Waals surface area contributed by atoms with Crippen molar-refractivity contribution in [1.82, 2.24) is 15.0 Å². The molecule has 0 amide bonds. The van der Waals surface area contributed by atoms with Crippen LogP contribution in [-0.2, 0) is 6.42 Å². The molecule has 0 spiro atoms. The molecule has 144 valence electrons. The largest absolute Gasteiger partial charge is 0.357 e. The van der Waals surface area contributed by atoms with E-state index in [-0.39, 0.29) is 5.56 Å². The van der Waals surface area contributed by atoms with Gasteiger partial charge in [-0.15, -0.1) is 0 Å². The van der Waals surface area contributed by atoms with Crippen LogP contribution in [-0.4, -0.2) is 28.0 Å². The maximum Gasteiger partial charge on any atom is 0.251 e. The number of H-pyrrole nitrogens is 1. The van der Waals surface area contributed by atoms with Crippen LogP contribution in [0.25, 0.3) is 11.4 Å². The topological polar surface area (TPSA) is 61.9 Å². The molecule has 0 radical (unpaired) electrons. The van der Waals surface area contributed by atoms with Crippen molar-refractivity contribution in [1.29, 1.82) is 0 Å². The highest BCUT2D eigenvalue weighted by molar-refractivity contribution is 5.56. The van der Waals surface area contributed by atoms with Gasteiger partial charge < -0.3 is 9.88 Å². The zero-order valence-electron chi connectivity index (χ0n) is 16.3. The normalized spacial score (nSPS) is 17.3. The van der Waals surface area contributed by atoms with E-state index in [9.17, 15) is 4.79 Å². The first-order valence-electron chi connectivity index (χ1n) is 10.1. The van der Waals surface area contributed by atoms with Gasteiger partial charge in [-0.3, -0.25) is 4.79 Å². The monoisotopic (exact) mass is 374 g/mol. The Morgan fingerprint density at radius 3 is 2.71 bits per heavy atom. The molecular formula is C23H26N4O. The number of hydrogen-bond donors (Lipinski definition) is 1. The van der Waals surface area contributed by atoms with Gasteiger partial charge in [-0.25, -0.2) is 9.97 Å². The van der Waals surface area contributed by atoms with Gasteiger partial charge in [-0.2, -0.15) is 0 Å². The van der Waals surface area contributed by atoms with Crippen molar-refractivity contribution in [3.8, 4) is 11.4 Å². The molecule has 2 aromatic heterocycles. The Balaban J connectivity index is 1.48. The lowest BCUT2D eigenvalue weighted by Gasteiger charge is -2.22. The predicted octanol–water partition coefficient (Wildman–Crippen LogP) is 4.17. The Labute approximate surface area is 165 Å². The highest BCUT2D eigenvalue weighted by Gasteiger charge is 2.19. The SMILES string of the molecule is CCc1cc(=O)[nH]c(-c2ccc(N3CCCC(c4ccccc4)CC3)nc2)n1. The van der Waals surface area contributed by atoms with Crippen molar-refractivity contribution < 1.29 is 0 Å². The van der Waals surface area contributed by atoms with E-state index in [4.69, 9.17) is 0 Å². The second-order valence-corrected chi connectivity index (χ2v) is 7.37. The van der Waals surface area contributed by atoms with E-state index in [0.717, 1.165) is 49.4 Å². The highest BCUT2D eigenvalue weighted by atomic mass is 16.1. The molecule has 4 rings (SSSR count). The minimum Gasteiger partial charge on any atom is -0.357 e. The number of nitrogens with zero attached hydrogens (tertiary/aromatic N) is 3. The average Bonchev–Trinajstić information content (AvgIpc) is 3.00. The number of pyridine rings is 1. The summed E-state index contributed by atoms with van der Waals surface area (Å²) >= 11 is 0. The Kier molecular flexibility index (Phi) is 5.51. The van der Waals surface area contributed by atoms with Crippen LogP contribution >= 0.6 is 0 Å². The third kappa shape index (κ3) is 4.14. The lowest BCUT2D eigenvalue weighted by atomic mass is 9.92. The molecule has 28 heavy (non-hydrogen) atoms. The van der Waals surface area contributed by atoms with E-state index in [1.165, 1.54) is 12.0 Å². The number of aryl methyl sites for hydroxylation is 1. The molecule has 3 aromatic rings. The van der Waals surface area contributed by atoms with Crippen molar-refractivity contribution in [2.75, 3.05) is 18.0 Å². The van der Waals surface area contributed by atoms with Gasteiger partial charge in [0.05, 0.1) is 0 Å². The maximum absolute atomic E-state index is 11.8. The van der Waals surface area contributed by atoms with Gasteiger partial charge in [0, 0.05) is 36.6 Å². The molecule has 0 saturated carbocycles. The minimum atomic E-state index is -0.120. The quantitative estimate of drug-likeness (QED) is 0.745. The lowest BCUT2D eigenvalue weighted by Crippen LogP contribution is -2.25. The highest BCUT2D eigenvalue weighted by Crippen LogP contribution is 2.29. The summed E-state index contributed by atoms with van der Waals surface area (Å²) in [5.74, 6) is 2.20. The van der Waals surface area contributed by atoms with E-state index >= 15 is 0 Å². The average molecular weight is 374 g/mol. The smallest absolute Gasteiger partial charge is 0.251 e. The molecule has 0 aliphatic carbocycles. The Morgan fingerprint density at radius 2 is 1.96 bits per heavy atom. The standard InChI is InChI=1S/C23H26N4O/c1-2-20-15-22(28)26-23(25-20)19-10-11-21(24-16-19)27-13-6-9-18(12-14-27)17-7-4-3-5-8-17/h3-5,7-8,10-11,15-16,18H,2,6,9,12-14H2,1H3,(H,25,26,28). The Morgan fingerprint density at radius 1 is 1.11 bits per heavy atom. The van der Waals surface area contributed by atoms with Gasteiger partial charge in [-0.05, 0) is 49.3 Å². The first-order chi connectivity index (χ1) is 13.7. The predicted molar refractivity (Wildman–Crippen MR) is 113 cm³/mol. The number of rotatable bonds is 4. The third-order valence-corrected chi connectivity index (χ3v) is 5.50. The fourth-order valence-electron chi connectivity index (χ4n) is 3.92. The molecule has 1 aliphatic heterocycles. The van der Waals surface area contributed by atoms with Crippen LogP contribution in [0, 0.1) is 0 Å². The van der Waals surface area contributed by atoms with E-state index in [0.29, 0.717) is 11.7 Å². The molecular weight excluding hydrogens is 348 g/mol. The molecule has 1 saturated heterocycles. The van der Waals surface area contributed by atoms with Crippen molar-refractivity contribution in [3.63, 3.8) is 0 Å². The first kappa shape index (κ1) is 18.4.